The van der Waals surface area contributed by atoms with Crippen molar-refractivity contribution in [2.75, 3.05) is 17.7 Å². The van der Waals surface area contributed by atoms with Crippen LogP contribution < -0.4 is 10.6 Å². The summed E-state index contributed by atoms with van der Waals surface area (Å²) >= 11 is 6.03. The van der Waals surface area contributed by atoms with Gasteiger partial charge in [0.25, 0.3) is 5.91 Å². The first kappa shape index (κ1) is 14.3. The molecule has 2 N–H and O–H groups in total. The summed E-state index contributed by atoms with van der Waals surface area (Å²) in [7, 11) is 1.53. The van der Waals surface area contributed by atoms with Crippen LogP contribution in [0.1, 0.15) is 15.9 Å². The molecule has 2 rings (SSSR count). The van der Waals surface area contributed by atoms with Crippen LogP contribution in [-0.2, 0) is 0 Å². The van der Waals surface area contributed by atoms with E-state index in [9.17, 15) is 9.18 Å². The molecular weight excluding hydrogens is 281 g/mol. The van der Waals surface area contributed by atoms with Crippen molar-refractivity contribution in [1.29, 1.82) is 0 Å². The Morgan fingerprint density at radius 3 is 2.75 bits per heavy atom. The average Bonchev–Trinajstić information content (AvgIpc) is 2.42. The van der Waals surface area contributed by atoms with Gasteiger partial charge in [-0.25, -0.2) is 9.37 Å². The second-order valence-electron chi connectivity index (χ2n) is 4.21. The zero-order chi connectivity index (χ0) is 14.7. The number of carbonyl (C=O) groups excluding carboxylic acids is 1. The number of anilines is 2. The van der Waals surface area contributed by atoms with E-state index in [1.807, 2.05) is 13.0 Å². The van der Waals surface area contributed by atoms with E-state index < -0.39 is 11.7 Å². The van der Waals surface area contributed by atoms with Crippen molar-refractivity contribution in [3.63, 3.8) is 0 Å². The first-order valence-corrected chi connectivity index (χ1v) is 6.30. The van der Waals surface area contributed by atoms with Gasteiger partial charge in [-0.15, -0.1) is 0 Å². The van der Waals surface area contributed by atoms with Crippen LogP contribution in [0.3, 0.4) is 0 Å². The average molecular weight is 294 g/mol. The van der Waals surface area contributed by atoms with E-state index in [0.29, 0.717) is 10.7 Å². The maximum absolute atomic E-state index is 14.0. The van der Waals surface area contributed by atoms with E-state index >= 15 is 0 Å². The highest BCUT2D eigenvalue weighted by Crippen LogP contribution is 2.24. The van der Waals surface area contributed by atoms with Gasteiger partial charge < -0.3 is 10.6 Å². The van der Waals surface area contributed by atoms with Crippen LogP contribution in [0, 0.1) is 12.7 Å². The number of hydrogen-bond acceptors (Lipinski definition) is 3. The highest BCUT2D eigenvalue weighted by atomic mass is 35.5. The summed E-state index contributed by atoms with van der Waals surface area (Å²) < 4.78 is 14.0. The van der Waals surface area contributed by atoms with Gasteiger partial charge in [-0.1, -0.05) is 17.7 Å². The fourth-order valence-corrected chi connectivity index (χ4v) is 1.99. The number of nitrogens with one attached hydrogen (secondary N) is 2. The SMILES string of the molecule is CNc1nccc(C(=O)Nc2ccc(C)cc2Cl)c1F. The Hall–Kier alpha value is -2.14. The monoisotopic (exact) mass is 293 g/mol. The van der Waals surface area contributed by atoms with Crippen LogP contribution in [0.2, 0.25) is 5.02 Å². The summed E-state index contributed by atoms with van der Waals surface area (Å²) in [5.74, 6) is -1.25. The number of rotatable bonds is 3. The lowest BCUT2D eigenvalue weighted by molar-refractivity contribution is 0.102. The molecule has 0 atom stereocenters. The maximum Gasteiger partial charge on any atom is 0.258 e. The van der Waals surface area contributed by atoms with Gasteiger partial charge in [0.1, 0.15) is 0 Å². The number of benzene rings is 1. The largest absolute Gasteiger partial charge is 0.371 e. The Balaban J connectivity index is 2.28. The molecule has 1 amide bonds. The molecule has 0 radical (unpaired) electrons. The minimum Gasteiger partial charge on any atom is -0.371 e. The molecule has 1 heterocycles. The third-order valence-electron chi connectivity index (χ3n) is 2.74. The highest BCUT2D eigenvalue weighted by molar-refractivity contribution is 6.34. The third kappa shape index (κ3) is 2.88. The van der Waals surface area contributed by atoms with Gasteiger partial charge in [-0.2, -0.15) is 0 Å². The van der Waals surface area contributed by atoms with Gasteiger partial charge >= 0.3 is 0 Å². The molecule has 0 aliphatic carbocycles. The smallest absolute Gasteiger partial charge is 0.258 e. The molecule has 1 aromatic heterocycles. The van der Waals surface area contributed by atoms with E-state index in [0.717, 1.165) is 5.56 Å². The summed E-state index contributed by atoms with van der Waals surface area (Å²) in [5.41, 5.74) is 1.31. The lowest BCUT2D eigenvalue weighted by Crippen LogP contribution is -2.15. The minimum atomic E-state index is -0.698. The Labute approximate surface area is 121 Å². The lowest BCUT2D eigenvalue weighted by atomic mass is 10.2. The van der Waals surface area contributed by atoms with Crippen LogP contribution in [0.25, 0.3) is 0 Å². The molecule has 6 heteroatoms. The number of nitrogens with zero attached hydrogens (tertiary/aromatic N) is 1. The van der Waals surface area contributed by atoms with Crippen LogP contribution in [0.4, 0.5) is 15.9 Å². The number of carbonyl (C=O) groups is 1. The zero-order valence-electron chi connectivity index (χ0n) is 11.0. The van der Waals surface area contributed by atoms with E-state index in [1.54, 1.807) is 12.1 Å². The first-order chi connectivity index (χ1) is 9.52. The lowest BCUT2D eigenvalue weighted by Gasteiger charge is -2.09. The molecule has 0 unspecified atom stereocenters. The standard InChI is InChI=1S/C14H13ClFN3O/c1-8-3-4-11(10(15)7-8)19-14(20)9-5-6-18-13(17-2)12(9)16/h3-7H,1-2H3,(H,17,18)(H,19,20). The number of aryl methyl sites for hydroxylation is 1. The molecule has 0 bridgehead atoms. The predicted molar refractivity (Wildman–Crippen MR) is 77.9 cm³/mol. The quantitative estimate of drug-likeness (QED) is 0.911. The Bertz CT molecular complexity index is 661. The molecule has 0 fully saturated rings. The van der Waals surface area contributed by atoms with Gasteiger partial charge in [0, 0.05) is 13.2 Å². The van der Waals surface area contributed by atoms with Crippen LogP contribution in [-0.4, -0.2) is 17.9 Å². The Morgan fingerprint density at radius 2 is 2.10 bits per heavy atom. The third-order valence-corrected chi connectivity index (χ3v) is 3.06. The van der Waals surface area contributed by atoms with Crippen LogP contribution >= 0.6 is 11.6 Å². The predicted octanol–water partition coefficient (Wildman–Crippen LogP) is 3.48. The normalized spacial score (nSPS) is 10.2. The molecule has 104 valence electrons. The van der Waals surface area contributed by atoms with Crippen molar-refractivity contribution in [1.82, 2.24) is 4.98 Å². The number of hydrogen-bond donors (Lipinski definition) is 2. The molecule has 0 aliphatic heterocycles. The number of halogens is 2. The molecule has 1 aromatic carbocycles. The van der Waals surface area contributed by atoms with E-state index in [4.69, 9.17) is 11.6 Å². The van der Waals surface area contributed by atoms with E-state index in [1.165, 1.54) is 19.3 Å². The van der Waals surface area contributed by atoms with Crippen molar-refractivity contribution >= 4 is 29.0 Å². The maximum atomic E-state index is 14.0. The molecule has 2 aromatic rings. The molecule has 4 nitrogen and oxygen atoms in total. The fraction of sp³-hybridized carbons (Fsp3) is 0.143. The fourth-order valence-electron chi connectivity index (χ4n) is 1.70. The molecule has 0 aliphatic rings. The van der Waals surface area contributed by atoms with Crippen LogP contribution in [0.15, 0.2) is 30.5 Å². The molecule has 0 saturated carbocycles. The summed E-state index contributed by atoms with van der Waals surface area (Å²) in [6.45, 7) is 1.89. The van der Waals surface area contributed by atoms with Crippen LogP contribution in [0.5, 0.6) is 0 Å². The van der Waals surface area contributed by atoms with E-state index in [2.05, 4.69) is 15.6 Å². The minimum absolute atomic E-state index is 0.0210. The summed E-state index contributed by atoms with van der Waals surface area (Å²) in [5, 5.41) is 5.56. The molecule has 0 spiro atoms. The van der Waals surface area contributed by atoms with Gasteiger partial charge in [0.15, 0.2) is 11.6 Å². The summed E-state index contributed by atoms with van der Waals surface area (Å²) in [4.78, 5) is 15.9. The summed E-state index contributed by atoms with van der Waals surface area (Å²) in [6, 6.07) is 6.52. The number of pyridine rings is 1. The zero-order valence-corrected chi connectivity index (χ0v) is 11.8. The van der Waals surface area contributed by atoms with E-state index in [-0.39, 0.29) is 11.4 Å². The Kier molecular flexibility index (Phi) is 4.20. The summed E-state index contributed by atoms with van der Waals surface area (Å²) in [6.07, 6.45) is 1.36. The van der Waals surface area contributed by atoms with Crippen molar-refractivity contribution in [2.45, 2.75) is 6.92 Å². The van der Waals surface area contributed by atoms with Crippen molar-refractivity contribution in [2.24, 2.45) is 0 Å². The van der Waals surface area contributed by atoms with Gasteiger partial charge in [0.2, 0.25) is 0 Å². The Morgan fingerprint density at radius 1 is 1.35 bits per heavy atom. The number of aromatic nitrogens is 1. The number of amides is 1. The highest BCUT2D eigenvalue weighted by Gasteiger charge is 2.16. The molecular formula is C14H13ClFN3O. The van der Waals surface area contributed by atoms with Crippen molar-refractivity contribution in [3.05, 3.63) is 52.4 Å². The first-order valence-electron chi connectivity index (χ1n) is 5.92. The second kappa shape index (κ2) is 5.88. The second-order valence-corrected chi connectivity index (χ2v) is 4.62. The molecule has 20 heavy (non-hydrogen) atoms. The van der Waals surface area contributed by atoms with Crippen molar-refractivity contribution < 1.29 is 9.18 Å². The van der Waals surface area contributed by atoms with Gasteiger partial charge in [-0.05, 0) is 30.7 Å². The van der Waals surface area contributed by atoms with Gasteiger partial charge in [-0.3, -0.25) is 4.79 Å². The van der Waals surface area contributed by atoms with Gasteiger partial charge in [0.05, 0.1) is 16.3 Å². The van der Waals surface area contributed by atoms with Crippen molar-refractivity contribution in [3.8, 4) is 0 Å². The molecule has 0 saturated heterocycles. The topological polar surface area (TPSA) is 54.0 Å².